The molecule has 4 aromatic rings. The van der Waals surface area contributed by atoms with Crippen molar-refractivity contribution >= 4 is 22.6 Å². The van der Waals surface area contributed by atoms with Crippen molar-refractivity contribution in [2.45, 2.75) is 25.4 Å². The molecule has 1 fully saturated rings. The molecule has 0 saturated carbocycles. The molecule has 6 nitrogen and oxygen atoms in total. The lowest BCUT2D eigenvalue weighted by molar-refractivity contribution is 0.107. The van der Waals surface area contributed by atoms with Crippen LogP contribution in [-0.2, 0) is 6.61 Å². The SMILES string of the molecule is Fc1ccc(Cl)c(COn2ccc3ncc(-c4nccc(C5CCNCC5)n4)cc32)c1. The van der Waals surface area contributed by atoms with Crippen LogP contribution in [0.25, 0.3) is 22.4 Å². The van der Waals surface area contributed by atoms with E-state index in [2.05, 4.69) is 15.3 Å². The largest absolute Gasteiger partial charge is 0.409 e. The number of hydrogen-bond donors (Lipinski definition) is 1. The van der Waals surface area contributed by atoms with Gasteiger partial charge in [0.05, 0.1) is 5.52 Å². The Morgan fingerprint density at radius 3 is 2.87 bits per heavy atom. The maximum absolute atomic E-state index is 13.5. The third-order valence-electron chi connectivity index (χ3n) is 5.56. The van der Waals surface area contributed by atoms with Crippen LogP contribution in [0.15, 0.2) is 55.0 Å². The summed E-state index contributed by atoms with van der Waals surface area (Å²) in [6.45, 7) is 2.15. The molecule has 5 rings (SSSR count). The number of nitrogens with one attached hydrogen (secondary N) is 1. The fourth-order valence-corrected chi connectivity index (χ4v) is 4.04. The highest BCUT2D eigenvalue weighted by atomic mass is 35.5. The first-order valence-corrected chi connectivity index (χ1v) is 10.6. The van der Waals surface area contributed by atoms with Gasteiger partial charge in [-0.05, 0) is 62.3 Å². The lowest BCUT2D eigenvalue weighted by atomic mass is 9.94. The van der Waals surface area contributed by atoms with E-state index in [9.17, 15) is 4.39 Å². The van der Waals surface area contributed by atoms with E-state index in [-0.39, 0.29) is 12.4 Å². The highest BCUT2D eigenvalue weighted by Gasteiger charge is 2.18. The fraction of sp³-hybridized carbons (Fsp3) is 0.261. The molecule has 8 heteroatoms. The summed E-state index contributed by atoms with van der Waals surface area (Å²) < 4.78 is 15.1. The Balaban J connectivity index is 1.42. The minimum Gasteiger partial charge on any atom is -0.409 e. The number of rotatable bonds is 5. The molecule has 158 valence electrons. The molecule has 3 aromatic heterocycles. The Kier molecular flexibility index (Phi) is 5.53. The van der Waals surface area contributed by atoms with Gasteiger partial charge in [0.25, 0.3) is 0 Å². The highest BCUT2D eigenvalue weighted by molar-refractivity contribution is 6.31. The summed E-state index contributed by atoms with van der Waals surface area (Å²) >= 11 is 6.15. The van der Waals surface area contributed by atoms with Crippen LogP contribution in [0, 0.1) is 5.82 Å². The average Bonchev–Trinajstić information content (AvgIpc) is 3.22. The number of hydrogen-bond acceptors (Lipinski definition) is 5. The van der Waals surface area contributed by atoms with Crippen molar-refractivity contribution in [1.82, 2.24) is 25.0 Å². The van der Waals surface area contributed by atoms with Gasteiger partial charge in [-0.3, -0.25) is 4.98 Å². The number of pyridine rings is 1. The second kappa shape index (κ2) is 8.61. The van der Waals surface area contributed by atoms with Crippen molar-refractivity contribution in [2.24, 2.45) is 0 Å². The molecule has 0 radical (unpaired) electrons. The average molecular weight is 438 g/mol. The van der Waals surface area contributed by atoms with Crippen LogP contribution in [0.3, 0.4) is 0 Å². The van der Waals surface area contributed by atoms with Crippen molar-refractivity contribution in [3.8, 4) is 11.4 Å². The summed E-state index contributed by atoms with van der Waals surface area (Å²) in [7, 11) is 0. The Labute approximate surface area is 184 Å². The highest BCUT2D eigenvalue weighted by Crippen LogP contribution is 2.26. The second-order valence-electron chi connectivity index (χ2n) is 7.61. The maximum atomic E-state index is 13.5. The zero-order valence-electron chi connectivity index (χ0n) is 16.8. The minimum atomic E-state index is -0.352. The number of nitrogens with zero attached hydrogens (tertiary/aromatic N) is 4. The molecule has 0 unspecified atom stereocenters. The summed E-state index contributed by atoms with van der Waals surface area (Å²) in [6.07, 6.45) is 7.52. The van der Waals surface area contributed by atoms with E-state index in [1.54, 1.807) is 17.1 Å². The van der Waals surface area contributed by atoms with E-state index in [1.807, 2.05) is 24.4 Å². The molecule has 1 aliphatic heterocycles. The molecule has 1 aromatic carbocycles. The van der Waals surface area contributed by atoms with Gasteiger partial charge in [-0.25, -0.2) is 14.4 Å². The van der Waals surface area contributed by atoms with E-state index in [0.29, 0.717) is 22.3 Å². The van der Waals surface area contributed by atoms with Gasteiger partial charge >= 0.3 is 0 Å². The third kappa shape index (κ3) is 4.24. The van der Waals surface area contributed by atoms with Gasteiger partial charge in [0.2, 0.25) is 0 Å². The van der Waals surface area contributed by atoms with E-state index in [1.165, 1.54) is 18.2 Å². The van der Waals surface area contributed by atoms with Gasteiger partial charge in [-0.15, -0.1) is 0 Å². The lowest BCUT2D eigenvalue weighted by Gasteiger charge is -2.22. The van der Waals surface area contributed by atoms with Gasteiger partial charge in [0.15, 0.2) is 5.82 Å². The standard InChI is InChI=1S/C23H21ClFN5O/c24-19-2-1-18(25)11-17(19)14-31-30-10-6-21-22(30)12-16(13-28-21)23-27-9-5-20(29-23)15-3-7-26-8-4-15/h1-2,5-6,9-13,15,26H,3-4,7-8,14H2. The molecule has 0 bridgehead atoms. The van der Waals surface area contributed by atoms with Gasteiger partial charge in [-0.1, -0.05) is 11.6 Å². The van der Waals surface area contributed by atoms with E-state index in [4.69, 9.17) is 21.4 Å². The number of benzene rings is 1. The molecular weight excluding hydrogens is 417 g/mol. The molecule has 0 aliphatic carbocycles. The number of aromatic nitrogens is 4. The van der Waals surface area contributed by atoms with Crippen molar-refractivity contribution in [1.29, 1.82) is 0 Å². The van der Waals surface area contributed by atoms with Crippen LogP contribution in [-0.4, -0.2) is 32.8 Å². The van der Waals surface area contributed by atoms with Crippen LogP contribution in [0.4, 0.5) is 4.39 Å². The van der Waals surface area contributed by atoms with Gasteiger partial charge < -0.3 is 10.2 Å². The van der Waals surface area contributed by atoms with Crippen LogP contribution >= 0.6 is 11.6 Å². The van der Waals surface area contributed by atoms with Crippen molar-refractivity contribution in [2.75, 3.05) is 13.1 Å². The molecular formula is C23H21ClFN5O. The monoisotopic (exact) mass is 437 g/mol. The summed E-state index contributed by atoms with van der Waals surface area (Å²) in [5, 5.41) is 3.84. The summed E-state index contributed by atoms with van der Waals surface area (Å²) in [5.74, 6) is 0.740. The summed E-state index contributed by atoms with van der Waals surface area (Å²) in [6, 6.07) is 10.0. The Morgan fingerprint density at radius 2 is 2.00 bits per heavy atom. The van der Waals surface area contributed by atoms with Crippen molar-refractivity contribution in [3.63, 3.8) is 0 Å². The fourth-order valence-electron chi connectivity index (χ4n) is 3.87. The Bertz CT molecular complexity index is 1220. The first kappa shape index (κ1) is 19.9. The molecule has 4 heterocycles. The molecule has 31 heavy (non-hydrogen) atoms. The van der Waals surface area contributed by atoms with E-state index < -0.39 is 0 Å². The van der Waals surface area contributed by atoms with Crippen LogP contribution in [0.1, 0.15) is 30.0 Å². The molecule has 1 aliphatic rings. The molecule has 0 atom stereocenters. The predicted octanol–water partition coefficient (Wildman–Crippen LogP) is 4.38. The second-order valence-corrected chi connectivity index (χ2v) is 8.02. The van der Waals surface area contributed by atoms with Crippen LogP contribution in [0.2, 0.25) is 5.02 Å². The maximum Gasteiger partial charge on any atom is 0.161 e. The zero-order valence-corrected chi connectivity index (χ0v) is 17.5. The van der Waals surface area contributed by atoms with Gasteiger partial charge in [-0.2, -0.15) is 4.73 Å². The molecule has 1 N–H and O–H groups in total. The van der Waals surface area contributed by atoms with Crippen LogP contribution in [0.5, 0.6) is 0 Å². The van der Waals surface area contributed by atoms with Crippen LogP contribution < -0.4 is 10.2 Å². The van der Waals surface area contributed by atoms with Gasteiger partial charge in [0, 0.05) is 46.4 Å². The van der Waals surface area contributed by atoms with Crippen molar-refractivity contribution in [3.05, 3.63) is 77.1 Å². The Hall–Kier alpha value is -3.03. The normalized spacial score (nSPS) is 14.8. The van der Waals surface area contributed by atoms with E-state index in [0.717, 1.165) is 48.2 Å². The van der Waals surface area contributed by atoms with Gasteiger partial charge in [0.1, 0.15) is 17.9 Å². The predicted molar refractivity (Wildman–Crippen MR) is 117 cm³/mol. The smallest absolute Gasteiger partial charge is 0.161 e. The molecule has 1 saturated heterocycles. The number of halogens is 2. The van der Waals surface area contributed by atoms with E-state index >= 15 is 0 Å². The first-order chi connectivity index (χ1) is 15.2. The number of piperidine rings is 1. The zero-order chi connectivity index (χ0) is 21.2. The quantitative estimate of drug-likeness (QED) is 0.502. The number of fused-ring (bicyclic) bond motifs is 1. The third-order valence-corrected chi connectivity index (χ3v) is 5.93. The minimum absolute atomic E-state index is 0.131. The topological polar surface area (TPSA) is 64.9 Å². The molecule has 0 spiro atoms. The summed E-state index contributed by atoms with van der Waals surface area (Å²) in [5.41, 5.74) is 4.02. The summed E-state index contributed by atoms with van der Waals surface area (Å²) in [4.78, 5) is 19.7. The lowest BCUT2D eigenvalue weighted by Crippen LogP contribution is -2.27. The Morgan fingerprint density at radius 1 is 1.13 bits per heavy atom. The molecule has 0 amide bonds. The first-order valence-electron chi connectivity index (χ1n) is 10.3. The van der Waals surface area contributed by atoms with Crippen molar-refractivity contribution < 1.29 is 9.23 Å².